The summed E-state index contributed by atoms with van der Waals surface area (Å²) in [4.78, 5) is -0.153. The number of nitrogens with one attached hydrogen (secondary N) is 2. The van der Waals surface area contributed by atoms with E-state index in [1.165, 1.54) is 0 Å². The van der Waals surface area contributed by atoms with Gasteiger partial charge in [-0.1, -0.05) is 18.5 Å². The number of rotatable bonds is 6. The largest absolute Gasteiger partial charge is 0.313 e. The highest BCUT2D eigenvalue weighted by Gasteiger charge is 2.22. The second-order valence-electron chi connectivity index (χ2n) is 4.01. The molecule has 0 radical (unpaired) electrons. The van der Waals surface area contributed by atoms with E-state index in [-0.39, 0.29) is 27.0 Å². The first-order chi connectivity index (χ1) is 8.77. The Morgan fingerprint density at radius 2 is 2.11 bits per heavy atom. The van der Waals surface area contributed by atoms with E-state index in [9.17, 15) is 12.8 Å². The summed E-state index contributed by atoms with van der Waals surface area (Å²) in [5.41, 5.74) is 0. The van der Waals surface area contributed by atoms with Crippen LogP contribution in [-0.2, 0) is 10.0 Å². The van der Waals surface area contributed by atoms with E-state index in [1.54, 1.807) is 0 Å². The minimum Gasteiger partial charge on any atom is -0.313 e. The summed E-state index contributed by atoms with van der Waals surface area (Å²) >= 11 is 8.80. The summed E-state index contributed by atoms with van der Waals surface area (Å²) in [7, 11) is -3.79. The van der Waals surface area contributed by atoms with Crippen molar-refractivity contribution in [3.8, 4) is 0 Å². The summed E-state index contributed by atoms with van der Waals surface area (Å²) in [6.07, 6.45) is 0. The van der Waals surface area contributed by atoms with Gasteiger partial charge in [-0.25, -0.2) is 17.5 Å². The van der Waals surface area contributed by atoms with Crippen molar-refractivity contribution < 1.29 is 12.8 Å². The first-order valence-electron chi connectivity index (χ1n) is 5.65. The normalized spacial score (nSPS) is 13.5. The maximum Gasteiger partial charge on any atom is 0.243 e. The Balaban J connectivity index is 2.95. The fourth-order valence-electron chi connectivity index (χ4n) is 1.51. The number of hydrogen-bond donors (Lipinski definition) is 2. The predicted molar refractivity (Wildman–Crippen MR) is 77.4 cm³/mol. The van der Waals surface area contributed by atoms with E-state index >= 15 is 0 Å². The lowest BCUT2D eigenvalue weighted by Gasteiger charge is -2.15. The smallest absolute Gasteiger partial charge is 0.243 e. The topological polar surface area (TPSA) is 58.2 Å². The molecule has 4 nitrogen and oxygen atoms in total. The van der Waals surface area contributed by atoms with Gasteiger partial charge in [0.05, 0.1) is 5.02 Å². The minimum absolute atomic E-state index is 0.0159. The van der Waals surface area contributed by atoms with Crippen LogP contribution in [0, 0.1) is 5.82 Å². The van der Waals surface area contributed by atoms with Crippen molar-refractivity contribution in [1.29, 1.82) is 0 Å². The van der Waals surface area contributed by atoms with E-state index in [0.29, 0.717) is 0 Å². The molecule has 1 aromatic carbocycles. The maximum atomic E-state index is 13.1. The molecule has 0 aliphatic carbocycles. The van der Waals surface area contributed by atoms with Crippen molar-refractivity contribution >= 4 is 37.6 Å². The Morgan fingerprint density at radius 1 is 1.47 bits per heavy atom. The molecule has 19 heavy (non-hydrogen) atoms. The number of sulfonamides is 1. The number of benzene rings is 1. The van der Waals surface area contributed by atoms with Gasteiger partial charge in [0.25, 0.3) is 0 Å². The molecule has 0 saturated carbocycles. The van der Waals surface area contributed by atoms with Crippen LogP contribution < -0.4 is 10.0 Å². The maximum absolute atomic E-state index is 13.1. The molecule has 1 atom stereocenters. The lowest BCUT2D eigenvalue weighted by molar-refractivity contribution is 0.535. The van der Waals surface area contributed by atoms with Crippen LogP contribution in [0.15, 0.2) is 21.5 Å². The highest BCUT2D eigenvalue weighted by molar-refractivity contribution is 9.10. The summed E-state index contributed by atoms with van der Waals surface area (Å²) in [5.74, 6) is -0.600. The number of halogens is 3. The molecule has 1 aromatic rings. The third kappa shape index (κ3) is 4.68. The fourth-order valence-corrected chi connectivity index (χ4v) is 4.45. The van der Waals surface area contributed by atoms with Crippen molar-refractivity contribution in [2.75, 3.05) is 13.1 Å². The van der Waals surface area contributed by atoms with Crippen LogP contribution in [-0.4, -0.2) is 27.5 Å². The van der Waals surface area contributed by atoms with Gasteiger partial charge in [0.15, 0.2) is 0 Å². The minimum atomic E-state index is -3.79. The summed E-state index contributed by atoms with van der Waals surface area (Å²) in [6, 6.07) is 2.01. The second-order valence-corrected chi connectivity index (χ2v) is 6.97. The molecule has 0 aromatic heterocycles. The van der Waals surface area contributed by atoms with Gasteiger partial charge in [-0.15, -0.1) is 0 Å². The Kier molecular flexibility index (Phi) is 6.19. The lowest BCUT2D eigenvalue weighted by atomic mass is 10.3. The van der Waals surface area contributed by atoms with Gasteiger partial charge in [0.2, 0.25) is 10.0 Å². The third-order valence-corrected chi connectivity index (χ3v) is 5.19. The Hall–Kier alpha value is -0.210. The van der Waals surface area contributed by atoms with Crippen molar-refractivity contribution in [3.63, 3.8) is 0 Å². The van der Waals surface area contributed by atoms with Crippen molar-refractivity contribution in [1.82, 2.24) is 10.0 Å². The molecule has 0 saturated heterocycles. The molecule has 1 rings (SSSR count). The average Bonchev–Trinajstić information content (AvgIpc) is 2.25. The van der Waals surface area contributed by atoms with Crippen LogP contribution in [0.3, 0.4) is 0 Å². The molecule has 0 amide bonds. The molecule has 0 unspecified atom stereocenters. The van der Waals surface area contributed by atoms with Crippen molar-refractivity contribution in [2.24, 2.45) is 0 Å². The van der Waals surface area contributed by atoms with Gasteiger partial charge in [-0.3, -0.25) is 0 Å². The third-order valence-electron chi connectivity index (χ3n) is 2.36. The highest BCUT2D eigenvalue weighted by atomic mass is 79.9. The van der Waals surface area contributed by atoms with Crippen molar-refractivity contribution in [2.45, 2.75) is 24.8 Å². The Bertz CT molecular complexity index is 531. The zero-order valence-electron chi connectivity index (χ0n) is 10.5. The first kappa shape index (κ1) is 16.8. The van der Waals surface area contributed by atoms with E-state index in [1.807, 2.05) is 13.8 Å². The quantitative estimate of drug-likeness (QED) is 0.805. The monoisotopic (exact) mass is 372 g/mol. The molecule has 0 heterocycles. The second kappa shape index (κ2) is 6.99. The Morgan fingerprint density at radius 3 is 2.63 bits per heavy atom. The SMILES string of the molecule is CCN[C@H](C)CNS(=O)(=O)c1c(Cl)cc(F)cc1Br. The number of hydrogen-bond acceptors (Lipinski definition) is 3. The number of likely N-dealkylation sites (N-methyl/N-ethyl adjacent to an activating group) is 1. The average molecular weight is 374 g/mol. The van der Waals surface area contributed by atoms with Crippen LogP contribution >= 0.6 is 27.5 Å². The lowest BCUT2D eigenvalue weighted by Crippen LogP contribution is -2.38. The highest BCUT2D eigenvalue weighted by Crippen LogP contribution is 2.30. The summed E-state index contributed by atoms with van der Waals surface area (Å²) < 4.78 is 39.8. The predicted octanol–water partition coefficient (Wildman–Crippen LogP) is 2.52. The van der Waals surface area contributed by atoms with Gasteiger partial charge in [0, 0.05) is 17.1 Å². The Labute approximate surface area is 125 Å². The molecule has 108 valence electrons. The molecule has 0 bridgehead atoms. The molecule has 0 aliphatic rings. The zero-order valence-corrected chi connectivity index (χ0v) is 13.7. The summed E-state index contributed by atoms with van der Waals surface area (Å²) in [5, 5.41) is 2.92. The van der Waals surface area contributed by atoms with Crippen LogP contribution in [0.2, 0.25) is 5.02 Å². The molecule has 0 spiro atoms. The molecule has 0 aliphatic heterocycles. The van der Waals surface area contributed by atoms with E-state index < -0.39 is 15.8 Å². The van der Waals surface area contributed by atoms with E-state index in [4.69, 9.17) is 11.6 Å². The first-order valence-corrected chi connectivity index (χ1v) is 8.31. The van der Waals surface area contributed by atoms with E-state index in [2.05, 4.69) is 26.0 Å². The molecular formula is C11H15BrClFN2O2S. The van der Waals surface area contributed by atoms with Crippen LogP contribution in [0.5, 0.6) is 0 Å². The molecule has 8 heteroatoms. The van der Waals surface area contributed by atoms with Gasteiger partial charge in [-0.2, -0.15) is 0 Å². The van der Waals surface area contributed by atoms with Gasteiger partial charge in [0.1, 0.15) is 10.7 Å². The standard InChI is InChI=1S/C11H15BrClFN2O2S/c1-3-15-7(2)6-16-19(17,18)11-9(12)4-8(14)5-10(11)13/h4-5,7,15-16H,3,6H2,1-2H3/t7-/m1/s1. The zero-order chi connectivity index (χ0) is 14.6. The fraction of sp³-hybridized carbons (Fsp3) is 0.455. The summed E-state index contributed by atoms with van der Waals surface area (Å²) in [6.45, 7) is 4.74. The van der Waals surface area contributed by atoms with E-state index in [0.717, 1.165) is 18.7 Å². The van der Waals surface area contributed by atoms with Gasteiger partial charge in [-0.05, 0) is 41.5 Å². The van der Waals surface area contributed by atoms with Gasteiger partial charge >= 0.3 is 0 Å². The van der Waals surface area contributed by atoms with Gasteiger partial charge < -0.3 is 5.32 Å². The van der Waals surface area contributed by atoms with Crippen LogP contribution in [0.1, 0.15) is 13.8 Å². The van der Waals surface area contributed by atoms with Crippen LogP contribution in [0.4, 0.5) is 4.39 Å². The molecule has 0 fully saturated rings. The molecule has 2 N–H and O–H groups in total. The molecular weight excluding hydrogens is 359 g/mol. The van der Waals surface area contributed by atoms with Crippen molar-refractivity contribution in [3.05, 3.63) is 27.4 Å². The van der Waals surface area contributed by atoms with Crippen LogP contribution in [0.25, 0.3) is 0 Å².